The standard InChI is InChI=1S/C29H24F3N5O3S/c1-18-15-23(40-2)12-13-24(18)37-26(39)16-41-28(37)34-25(38)14-5-19-3-6-20(7-4-19)27-33-17-36(35-27)22-10-8-21(9-11-22)29(30,31)32/h3-4,6-13,15,17H,5,14,16H2,1-2H3. The highest BCUT2D eigenvalue weighted by Gasteiger charge is 2.32. The van der Waals surface area contributed by atoms with Crippen LogP contribution < -0.4 is 9.64 Å². The van der Waals surface area contributed by atoms with Gasteiger partial charge in [-0.15, -0.1) is 5.10 Å². The molecule has 0 atom stereocenters. The fraction of sp³-hybridized carbons (Fsp3) is 0.207. The number of amidine groups is 1. The topological polar surface area (TPSA) is 89.7 Å². The van der Waals surface area contributed by atoms with E-state index in [0.29, 0.717) is 34.5 Å². The molecule has 0 bridgehead atoms. The van der Waals surface area contributed by atoms with Crippen molar-refractivity contribution in [3.8, 4) is 22.8 Å². The Morgan fingerprint density at radius 3 is 2.46 bits per heavy atom. The molecule has 0 aliphatic carbocycles. The number of thioether (sulfide) groups is 1. The minimum absolute atomic E-state index is 0.139. The lowest BCUT2D eigenvalue weighted by Gasteiger charge is -2.18. The maximum atomic E-state index is 12.8. The highest BCUT2D eigenvalue weighted by Crippen LogP contribution is 2.32. The number of carbonyl (C=O) groups excluding carboxylic acids is 2. The number of aliphatic imine (C=N–C) groups is 1. The van der Waals surface area contributed by atoms with Gasteiger partial charge in [-0.05, 0) is 66.9 Å². The van der Waals surface area contributed by atoms with Gasteiger partial charge >= 0.3 is 6.18 Å². The molecule has 41 heavy (non-hydrogen) atoms. The van der Waals surface area contributed by atoms with E-state index in [4.69, 9.17) is 4.74 Å². The smallest absolute Gasteiger partial charge is 0.416 e. The van der Waals surface area contributed by atoms with E-state index < -0.39 is 11.7 Å². The summed E-state index contributed by atoms with van der Waals surface area (Å²) in [7, 11) is 1.57. The molecule has 1 aliphatic rings. The van der Waals surface area contributed by atoms with Crippen molar-refractivity contribution in [1.82, 2.24) is 14.8 Å². The first kappa shape index (κ1) is 28.1. The van der Waals surface area contributed by atoms with E-state index in [1.807, 2.05) is 37.3 Å². The van der Waals surface area contributed by atoms with Gasteiger partial charge in [-0.3, -0.25) is 14.5 Å². The zero-order valence-electron chi connectivity index (χ0n) is 22.1. The van der Waals surface area contributed by atoms with Gasteiger partial charge in [0.1, 0.15) is 12.1 Å². The molecule has 3 aromatic carbocycles. The number of benzene rings is 3. The Bertz CT molecular complexity index is 1620. The number of rotatable bonds is 7. The van der Waals surface area contributed by atoms with Gasteiger partial charge in [-0.25, -0.2) is 9.67 Å². The van der Waals surface area contributed by atoms with Crippen molar-refractivity contribution < 1.29 is 27.5 Å². The Labute approximate surface area is 237 Å². The van der Waals surface area contributed by atoms with Crippen molar-refractivity contribution in [1.29, 1.82) is 0 Å². The Morgan fingerprint density at radius 1 is 1.07 bits per heavy atom. The van der Waals surface area contributed by atoms with Gasteiger partial charge in [-0.1, -0.05) is 36.0 Å². The predicted octanol–water partition coefficient (Wildman–Crippen LogP) is 5.87. The van der Waals surface area contributed by atoms with Crippen LogP contribution in [0.2, 0.25) is 0 Å². The van der Waals surface area contributed by atoms with Crippen LogP contribution in [0.25, 0.3) is 17.1 Å². The van der Waals surface area contributed by atoms with E-state index >= 15 is 0 Å². The third-order valence-corrected chi connectivity index (χ3v) is 7.34. The van der Waals surface area contributed by atoms with Crippen LogP contribution in [-0.4, -0.2) is 44.6 Å². The molecule has 210 valence electrons. The molecular formula is C29H24F3N5O3S. The Balaban J connectivity index is 1.22. The third-order valence-electron chi connectivity index (χ3n) is 6.42. The summed E-state index contributed by atoms with van der Waals surface area (Å²) in [5.41, 5.74) is 2.84. The van der Waals surface area contributed by atoms with Crippen molar-refractivity contribution in [3.63, 3.8) is 0 Å². The number of halogens is 3. The molecule has 2 amide bonds. The van der Waals surface area contributed by atoms with Crippen molar-refractivity contribution in [2.24, 2.45) is 4.99 Å². The number of ether oxygens (including phenoxy) is 1. The number of carbonyl (C=O) groups is 2. The van der Waals surface area contributed by atoms with Crippen LogP contribution in [0.3, 0.4) is 0 Å². The van der Waals surface area contributed by atoms with Gasteiger partial charge in [0.15, 0.2) is 11.0 Å². The molecule has 0 saturated carbocycles. The molecule has 4 aromatic rings. The monoisotopic (exact) mass is 579 g/mol. The first-order valence-corrected chi connectivity index (χ1v) is 13.5. The summed E-state index contributed by atoms with van der Waals surface area (Å²) in [6.07, 6.45) is -2.36. The molecule has 0 unspecified atom stereocenters. The van der Waals surface area contributed by atoms with Crippen LogP contribution in [0.5, 0.6) is 5.75 Å². The van der Waals surface area contributed by atoms with E-state index in [1.54, 1.807) is 19.2 Å². The highest BCUT2D eigenvalue weighted by molar-refractivity contribution is 8.15. The van der Waals surface area contributed by atoms with E-state index in [1.165, 1.54) is 39.8 Å². The number of alkyl halides is 3. The molecule has 2 heterocycles. The average molecular weight is 580 g/mol. The minimum atomic E-state index is -4.41. The molecule has 12 heteroatoms. The second-order valence-electron chi connectivity index (χ2n) is 9.21. The summed E-state index contributed by atoms with van der Waals surface area (Å²) in [6.45, 7) is 1.87. The zero-order chi connectivity index (χ0) is 29.1. The van der Waals surface area contributed by atoms with Gasteiger partial charge in [0.2, 0.25) is 11.8 Å². The van der Waals surface area contributed by atoms with Gasteiger partial charge in [0.05, 0.1) is 29.8 Å². The lowest BCUT2D eigenvalue weighted by molar-refractivity contribution is -0.137. The summed E-state index contributed by atoms with van der Waals surface area (Å²) >= 11 is 1.23. The molecule has 1 fully saturated rings. The summed E-state index contributed by atoms with van der Waals surface area (Å²) in [5, 5.41) is 4.73. The van der Waals surface area contributed by atoms with Crippen LogP contribution in [0.1, 0.15) is 23.1 Å². The number of hydrogen-bond donors (Lipinski definition) is 0. The number of nitrogens with zero attached hydrogens (tertiary/aromatic N) is 5. The Morgan fingerprint density at radius 2 is 1.80 bits per heavy atom. The SMILES string of the molecule is COc1ccc(N2C(=O)CSC2=NC(=O)CCc2ccc(-c3ncn(-c4ccc(C(F)(F)F)cc4)n3)cc2)c(C)c1. The second kappa shape index (κ2) is 11.6. The first-order valence-electron chi connectivity index (χ1n) is 12.5. The maximum Gasteiger partial charge on any atom is 0.416 e. The molecule has 0 radical (unpaired) electrons. The van der Waals surface area contributed by atoms with Crippen LogP contribution in [0.4, 0.5) is 18.9 Å². The lowest BCUT2D eigenvalue weighted by atomic mass is 10.1. The van der Waals surface area contributed by atoms with Gasteiger partial charge in [0, 0.05) is 12.0 Å². The maximum absolute atomic E-state index is 12.8. The van der Waals surface area contributed by atoms with Crippen LogP contribution >= 0.6 is 11.8 Å². The number of aromatic nitrogens is 3. The summed E-state index contributed by atoms with van der Waals surface area (Å²) in [6, 6.07) is 17.4. The number of aryl methyl sites for hydroxylation is 2. The molecule has 1 saturated heterocycles. The molecular weight excluding hydrogens is 555 g/mol. The molecule has 0 N–H and O–H groups in total. The molecule has 1 aromatic heterocycles. The van der Waals surface area contributed by atoms with Crippen molar-refractivity contribution >= 4 is 34.4 Å². The number of hydrogen-bond acceptors (Lipinski definition) is 6. The molecule has 0 spiro atoms. The van der Waals surface area contributed by atoms with E-state index in [-0.39, 0.29) is 24.0 Å². The van der Waals surface area contributed by atoms with E-state index in [9.17, 15) is 22.8 Å². The fourth-order valence-electron chi connectivity index (χ4n) is 4.24. The van der Waals surface area contributed by atoms with Gasteiger partial charge in [-0.2, -0.15) is 18.2 Å². The van der Waals surface area contributed by atoms with Crippen LogP contribution in [0, 0.1) is 6.92 Å². The second-order valence-corrected chi connectivity index (χ2v) is 10.2. The zero-order valence-corrected chi connectivity index (χ0v) is 22.9. The average Bonchev–Trinajstić information content (AvgIpc) is 3.59. The fourth-order valence-corrected chi connectivity index (χ4v) is 5.12. The Hall–Kier alpha value is -4.45. The summed E-state index contributed by atoms with van der Waals surface area (Å²) in [5.74, 6) is 0.825. The summed E-state index contributed by atoms with van der Waals surface area (Å²) < 4.78 is 45.1. The predicted molar refractivity (Wildman–Crippen MR) is 150 cm³/mol. The number of methoxy groups -OCH3 is 1. The molecule has 1 aliphatic heterocycles. The van der Waals surface area contributed by atoms with Crippen LogP contribution in [0.15, 0.2) is 78.0 Å². The van der Waals surface area contributed by atoms with Gasteiger partial charge in [0.25, 0.3) is 0 Å². The summed E-state index contributed by atoms with van der Waals surface area (Å²) in [4.78, 5) is 35.2. The van der Waals surface area contributed by atoms with E-state index in [0.717, 1.165) is 28.8 Å². The molecule has 8 nitrogen and oxygen atoms in total. The first-order chi connectivity index (χ1) is 19.6. The molecule has 5 rings (SSSR count). The van der Waals surface area contributed by atoms with Gasteiger partial charge < -0.3 is 4.74 Å². The van der Waals surface area contributed by atoms with Crippen molar-refractivity contribution in [3.05, 3.63) is 89.7 Å². The van der Waals surface area contributed by atoms with Crippen LogP contribution in [-0.2, 0) is 22.2 Å². The van der Waals surface area contributed by atoms with Crippen molar-refractivity contribution in [2.75, 3.05) is 17.8 Å². The third kappa shape index (κ3) is 6.32. The number of amides is 2. The minimum Gasteiger partial charge on any atom is -0.497 e. The lowest BCUT2D eigenvalue weighted by Crippen LogP contribution is -2.30. The van der Waals surface area contributed by atoms with Crippen molar-refractivity contribution in [2.45, 2.75) is 25.9 Å². The normalized spacial score (nSPS) is 14.6. The quantitative estimate of drug-likeness (QED) is 0.272. The van der Waals surface area contributed by atoms with E-state index in [2.05, 4.69) is 15.1 Å². The Kier molecular flexibility index (Phi) is 7.93. The highest BCUT2D eigenvalue weighted by atomic mass is 32.2. The number of anilines is 1. The largest absolute Gasteiger partial charge is 0.497 e.